The predicted molar refractivity (Wildman–Crippen MR) is 290 cm³/mol. The number of likely N-dealkylation sites (tertiary alicyclic amines) is 1. The van der Waals surface area contributed by atoms with E-state index in [-0.39, 0.29) is 54.8 Å². The van der Waals surface area contributed by atoms with Crippen LogP contribution in [0.5, 0.6) is 5.75 Å². The van der Waals surface area contributed by atoms with Crippen LogP contribution in [0.15, 0.2) is 87.7 Å². The lowest BCUT2D eigenvalue weighted by atomic mass is 9.85. The summed E-state index contributed by atoms with van der Waals surface area (Å²) in [6.07, 6.45) is 1.08. The van der Waals surface area contributed by atoms with Crippen molar-refractivity contribution < 1.29 is 33.1 Å². The molecule has 4 amide bonds. The highest BCUT2D eigenvalue weighted by Crippen LogP contribution is 2.40. The van der Waals surface area contributed by atoms with Crippen LogP contribution in [0.4, 0.5) is 0 Å². The van der Waals surface area contributed by atoms with Crippen LogP contribution in [0.1, 0.15) is 120 Å². The number of nitrogens with one attached hydrogen (secondary N) is 3. The minimum atomic E-state index is -1.01. The fourth-order valence-corrected chi connectivity index (χ4v) is 12.3. The van der Waals surface area contributed by atoms with Gasteiger partial charge in [0.05, 0.1) is 40.4 Å². The lowest BCUT2D eigenvalue weighted by Gasteiger charge is -2.36. The van der Waals surface area contributed by atoms with Gasteiger partial charge in [0.25, 0.3) is 5.91 Å². The molecule has 1 saturated carbocycles. The standard InChI is InChI=1S/C56H60ClN9O7S2/c1-28-31(4)75-55-47(28)48(34-14-16-37(57)17-15-34)61-42(51-64-63-32(5)66(51)55)25-46(67)60-38-22-40(23-38)72-39-18-19-44-36(20-39)21-45(73-44)53(69)62-50(56(6,7)8)54(70)65-26-41(71-9)24-43(65)52(68)59-29(2)33-10-12-35(13-11-33)49-30(3)58-27-74-49/h10-21,27,29,38,40-43,50H,22-26H2,1-9H3,(H,59,68)(H,60,67)(H,62,69)/t29-,38?,40?,41-,42-,43-,50?/m0/s1. The first-order valence-electron chi connectivity index (χ1n) is 25.1. The molecule has 3 aromatic carbocycles. The fourth-order valence-electron chi connectivity index (χ4n) is 10.1. The zero-order chi connectivity index (χ0) is 53.0. The minimum absolute atomic E-state index is 0.0269. The number of benzene rings is 3. The van der Waals surface area contributed by atoms with E-state index in [0.29, 0.717) is 46.8 Å². The summed E-state index contributed by atoms with van der Waals surface area (Å²) in [5.74, 6) is 0.547. The Morgan fingerprint density at radius 1 is 0.907 bits per heavy atom. The van der Waals surface area contributed by atoms with Crippen molar-refractivity contribution in [3.63, 3.8) is 0 Å². The van der Waals surface area contributed by atoms with E-state index < -0.39 is 35.4 Å². The Morgan fingerprint density at radius 2 is 1.64 bits per heavy atom. The number of rotatable bonds is 14. The Hall–Kier alpha value is -6.73. The van der Waals surface area contributed by atoms with E-state index >= 15 is 0 Å². The molecule has 1 unspecified atom stereocenters. The number of halogens is 1. The molecule has 6 heterocycles. The minimum Gasteiger partial charge on any atom is -0.490 e. The summed E-state index contributed by atoms with van der Waals surface area (Å²) in [7, 11) is 1.57. The molecule has 0 spiro atoms. The zero-order valence-corrected chi connectivity index (χ0v) is 45.7. The molecule has 1 saturated heterocycles. The van der Waals surface area contributed by atoms with E-state index in [1.807, 2.05) is 106 Å². The molecule has 75 heavy (non-hydrogen) atoms. The largest absolute Gasteiger partial charge is 0.490 e. The number of nitrogens with zero attached hydrogens (tertiary/aromatic N) is 6. The first kappa shape index (κ1) is 51.7. The molecule has 7 aromatic rings. The van der Waals surface area contributed by atoms with E-state index in [0.717, 1.165) is 54.9 Å². The quantitative estimate of drug-likeness (QED) is 0.0944. The van der Waals surface area contributed by atoms with Gasteiger partial charge < -0.3 is 34.7 Å². The van der Waals surface area contributed by atoms with Crippen LogP contribution in [-0.4, -0.2) is 98.0 Å². The number of thiazole rings is 1. The maximum Gasteiger partial charge on any atom is 0.287 e. The van der Waals surface area contributed by atoms with Gasteiger partial charge in [-0.3, -0.25) is 28.7 Å². The highest BCUT2D eigenvalue weighted by atomic mass is 35.5. The summed E-state index contributed by atoms with van der Waals surface area (Å²) >= 11 is 9.53. The number of ether oxygens (including phenoxy) is 2. The Labute approximate surface area is 448 Å². The van der Waals surface area contributed by atoms with Crippen molar-refractivity contribution in [2.45, 2.75) is 123 Å². The number of aryl methyl sites for hydroxylation is 3. The first-order chi connectivity index (χ1) is 35.8. The molecular weight excluding hydrogens is 1010 g/mol. The van der Waals surface area contributed by atoms with Gasteiger partial charge in [0.2, 0.25) is 17.7 Å². The van der Waals surface area contributed by atoms with E-state index in [2.05, 4.69) is 45.0 Å². The van der Waals surface area contributed by atoms with Crippen LogP contribution in [0.3, 0.4) is 0 Å². The lowest BCUT2D eigenvalue weighted by molar-refractivity contribution is -0.142. The molecule has 0 bridgehead atoms. The Kier molecular flexibility index (Phi) is 14.3. The molecule has 3 aliphatic rings. The summed E-state index contributed by atoms with van der Waals surface area (Å²) < 4.78 is 20.1. The van der Waals surface area contributed by atoms with Gasteiger partial charge >= 0.3 is 0 Å². The van der Waals surface area contributed by atoms with Crippen LogP contribution >= 0.6 is 34.3 Å². The smallest absolute Gasteiger partial charge is 0.287 e. The molecule has 2 aliphatic heterocycles. The number of thiophene rings is 1. The van der Waals surface area contributed by atoms with Crippen LogP contribution in [-0.2, 0) is 19.1 Å². The molecule has 3 N–H and O–H groups in total. The van der Waals surface area contributed by atoms with Crippen molar-refractivity contribution >= 4 is 74.6 Å². The Balaban J connectivity index is 0.759. The molecule has 1 aliphatic carbocycles. The monoisotopic (exact) mass is 1070 g/mol. The molecule has 5 atom stereocenters. The van der Waals surface area contributed by atoms with Gasteiger partial charge in [-0.1, -0.05) is 68.8 Å². The number of furan rings is 1. The number of aromatic nitrogens is 4. The SMILES string of the molecule is CO[C@H]1C[C@@H](C(=O)N[C@@H](C)c2ccc(-c3scnc3C)cc2)N(C(=O)C(NC(=O)c2cc3cc(OC4CC(NC(=O)C[C@@H]5N=C(c6ccc(Cl)cc6)c6c(sc(C)c6C)-n6c(C)nnc65)C4)ccc3o2)C(C)(C)C)C1. The van der Waals surface area contributed by atoms with Gasteiger partial charge in [0, 0.05) is 65.4 Å². The molecule has 19 heteroatoms. The molecule has 16 nitrogen and oxygen atoms in total. The number of amides is 4. The third kappa shape index (κ3) is 10.5. The van der Waals surface area contributed by atoms with Crippen LogP contribution in [0.2, 0.25) is 5.02 Å². The molecule has 2 fully saturated rings. The first-order valence-corrected chi connectivity index (χ1v) is 27.2. The molecule has 0 radical (unpaired) electrons. The fraction of sp³-hybridized carbons (Fsp3) is 0.393. The second-order valence-electron chi connectivity index (χ2n) is 20.9. The van der Waals surface area contributed by atoms with Crippen molar-refractivity contribution in [3.8, 4) is 21.2 Å². The Morgan fingerprint density at radius 3 is 2.33 bits per heavy atom. The van der Waals surface area contributed by atoms with Crippen LogP contribution in [0.25, 0.3) is 26.4 Å². The number of carbonyl (C=O) groups excluding carboxylic acids is 4. The topological polar surface area (TPSA) is 195 Å². The predicted octanol–water partition coefficient (Wildman–Crippen LogP) is 9.73. The van der Waals surface area contributed by atoms with Gasteiger partial charge in [0.15, 0.2) is 11.6 Å². The van der Waals surface area contributed by atoms with Crippen molar-refractivity contribution in [1.29, 1.82) is 0 Å². The second kappa shape index (κ2) is 20.8. The van der Waals surface area contributed by atoms with Crippen molar-refractivity contribution in [1.82, 2.24) is 40.6 Å². The Bertz CT molecular complexity index is 3350. The second-order valence-corrected chi connectivity index (χ2v) is 23.4. The average molecular weight is 1070 g/mol. The van der Waals surface area contributed by atoms with Gasteiger partial charge in [-0.2, -0.15) is 0 Å². The summed E-state index contributed by atoms with van der Waals surface area (Å²) in [4.78, 5) is 69.7. The maximum absolute atomic E-state index is 14.6. The molecule has 390 valence electrons. The van der Waals surface area contributed by atoms with Crippen LogP contribution in [0, 0.1) is 33.1 Å². The van der Waals surface area contributed by atoms with E-state index in [1.54, 1.807) is 48.0 Å². The number of hydrogen-bond acceptors (Lipinski definition) is 13. The number of aliphatic imine (C=N–C) groups is 1. The van der Waals surface area contributed by atoms with Crippen molar-refractivity contribution in [2.75, 3.05) is 13.7 Å². The maximum atomic E-state index is 14.6. The normalized spacial score (nSPS) is 20.1. The summed E-state index contributed by atoms with van der Waals surface area (Å²) in [5, 5.41) is 20.5. The highest BCUT2D eigenvalue weighted by molar-refractivity contribution is 7.15. The summed E-state index contributed by atoms with van der Waals surface area (Å²) in [6.45, 7) is 15.8. The zero-order valence-electron chi connectivity index (χ0n) is 43.3. The van der Waals surface area contributed by atoms with Gasteiger partial charge in [-0.25, -0.2) is 4.98 Å². The van der Waals surface area contributed by atoms with Crippen molar-refractivity contribution in [2.24, 2.45) is 10.4 Å². The van der Waals surface area contributed by atoms with E-state index in [1.165, 1.54) is 9.78 Å². The third-order valence-corrected chi connectivity index (χ3v) is 17.0. The summed E-state index contributed by atoms with van der Waals surface area (Å²) in [6, 6.07) is 19.8. The summed E-state index contributed by atoms with van der Waals surface area (Å²) in [5.41, 5.74) is 8.32. The average Bonchev–Trinajstić information content (AvgIpc) is 4.21. The molecule has 4 aromatic heterocycles. The number of hydrogen-bond donors (Lipinski definition) is 3. The third-order valence-electron chi connectivity index (χ3n) is 14.6. The molecular formula is C56H60ClN9O7S2. The van der Waals surface area contributed by atoms with Crippen LogP contribution < -0.4 is 20.7 Å². The van der Waals surface area contributed by atoms with Gasteiger partial charge in [-0.15, -0.1) is 32.9 Å². The van der Waals surface area contributed by atoms with Gasteiger partial charge in [0.1, 0.15) is 46.4 Å². The number of carbonyl (C=O) groups is 4. The van der Waals surface area contributed by atoms with E-state index in [4.69, 9.17) is 30.5 Å². The lowest BCUT2D eigenvalue weighted by Crippen LogP contribution is -2.57. The molecule has 10 rings (SSSR count). The highest BCUT2D eigenvalue weighted by Gasteiger charge is 2.46. The number of fused-ring (bicyclic) bond motifs is 4. The van der Waals surface area contributed by atoms with Gasteiger partial charge in [-0.05, 0) is 93.1 Å². The van der Waals surface area contributed by atoms with Crippen molar-refractivity contribution in [3.05, 3.63) is 134 Å². The van der Waals surface area contributed by atoms with E-state index in [9.17, 15) is 19.2 Å². The number of methoxy groups -OCH3 is 1.